The number of benzene rings is 2. The second-order valence-corrected chi connectivity index (χ2v) is 9.41. The number of carbonyl (C=O) groups is 2. The van der Waals surface area contributed by atoms with Crippen LogP contribution in [0, 0.1) is 0 Å². The van der Waals surface area contributed by atoms with Gasteiger partial charge in [-0.1, -0.05) is 32.4 Å². The number of nitrogens with zero attached hydrogens (tertiary/aromatic N) is 3. The molecule has 3 rings (SSSR count). The van der Waals surface area contributed by atoms with Crippen LogP contribution in [-0.4, -0.2) is 53.3 Å². The van der Waals surface area contributed by atoms with Crippen LogP contribution in [0.5, 0.6) is 11.5 Å². The predicted molar refractivity (Wildman–Crippen MR) is 137 cm³/mol. The molecule has 0 saturated heterocycles. The Morgan fingerprint density at radius 1 is 1.06 bits per heavy atom. The number of rotatable bonds is 9. The number of ether oxygens (including phenoxy) is 2. The molecule has 3 aromatic rings. The normalized spacial score (nSPS) is 11.1. The maximum absolute atomic E-state index is 12.9. The van der Waals surface area contributed by atoms with Crippen LogP contribution in [0.1, 0.15) is 33.4 Å². The number of amides is 2. The summed E-state index contributed by atoms with van der Waals surface area (Å²) < 4.78 is 12.5. The van der Waals surface area contributed by atoms with E-state index in [9.17, 15) is 9.59 Å². The van der Waals surface area contributed by atoms with Crippen LogP contribution in [0.25, 0.3) is 5.69 Å². The Morgan fingerprint density at radius 2 is 1.69 bits per heavy atom. The number of anilines is 1. The lowest BCUT2D eigenvalue weighted by Gasteiger charge is -2.20. The second kappa shape index (κ2) is 11.3. The van der Waals surface area contributed by atoms with Gasteiger partial charge in [0.05, 0.1) is 25.0 Å². The van der Waals surface area contributed by atoms with Gasteiger partial charge in [0.15, 0.2) is 6.61 Å². The molecule has 186 valence electrons. The van der Waals surface area contributed by atoms with Gasteiger partial charge in [0.2, 0.25) is 5.91 Å². The molecule has 8 nitrogen and oxygen atoms in total. The Morgan fingerprint density at radius 3 is 2.26 bits per heavy atom. The van der Waals surface area contributed by atoms with Crippen molar-refractivity contribution in [3.8, 4) is 17.2 Å². The van der Waals surface area contributed by atoms with Gasteiger partial charge in [0.1, 0.15) is 17.3 Å². The van der Waals surface area contributed by atoms with E-state index in [0.29, 0.717) is 23.1 Å². The molecule has 0 aliphatic rings. The van der Waals surface area contributed by atoms with Crippen molar-refractivity contribution in [2.45, 2.75) is 33.1 Å². The second-order valence-electron chi connectivity index (χ2n) is 8.97. The number of carbonyl (C=O) groups excluding carboxylic acids is 2. The predicted octanol–water partition coefficient (Wildman–Crippen LogP) is 4.70. The molecule has 9 heteroatoms. The third kappa shape index (κ3) is 6.99. The molecule has 0 fully saturated rings. The highest BCUT2D eigenvalue weighted by Crippen LogP contribution is 2.27. The van der Waals surface area contributed by atoms with E-state index < -0.39 is 0 Å². The molecule has 1 heterocycles. The number of methoxy groups -OCH3 is 1. The van der Waals surface area contributed by atoms with Gasteiger partial charge in [-0.3, -0.25) is 9.59 Å². The molecule has 1 aromatic heterocycles. The first-order chi connectivity index (χ1) is 16.6. The van der Waals surface area contributed by atoms with E-state index in [1.54, 1.807) is 36.1 Å². The lowest BCUT2D eigenvalue weighted by atomic mass is 9.92. The van der Waals surface area contributed by atoms with Crippen molar-refractivity contribution >= 4 is 29.2 Å². The molecular weight excluding hydrogens is 468 g/mol. The summed E-state index contributed by atoms with van der Waals surface area (Å²) in [6, 6.07) is 16.0. The molecule has 0 atom stereocenters. The Hall–Kier alpha value is -3.52. The average Bonchev–Trinajstić information content (AvgIpc) is 3.26. The Kier molecular flexibility index (Phi) is 8.40. The minimum Gasteiger partial charge on any atom is -0.497 e. The quantitative estimate of drug-likeness (QED) is 0.462. The van der Waals surface area contributed by atoms with Crippen molar-refractivity contribution in [3.05, 3.63) is 65.3 Å². The maximum Gasteiger partial charge on any atom is 0.260 e. The lowest BCUT2D eigenvalue weighted by Crippen LogP contribution is -2.40. The zero-order valence-electron chi connectivity index (χ0n) is 20.7. The van der Waals surface area contributed by atoms with Crippen LogP contribution >= 0.6 is 11.6 Å². The van der Waals surface area contributed by atoms with Crippen LogP contribution in [0.2, 0.25) is 5.02 Å². The minimum atomic E-state index is -0.332. The molecule has 35 heavy (non-hydrogen) atoms. The lowest BCUT2D eigenvalue weighted by molar-refractivity contribution is -0.136. The molecule has 2 aromatic carbocycles. The molecular formula is C26H31ClN4O4. The Balaban J connectivity index is 1.71. The largest absolute Gasteiger partial charge is 0.497 e. The zero-order valence-corrected chi connectivity index (χ0v) is 21.4. The fraction of sp³-hybridized carbons (Fsp3) is 0.346. The number of likely N-dealkylation sites (N-methyl/N-ethyl adjacent to an activating group) is 1. The Labute approximate surface area is 210 Å². The van der Waals surface area contributed by atoms with Gasteiger partial charge in [-0.15, -0.1) is 0 Å². The summed E-state index contributed by atoms with van der Waals surface area (Å²) in [5.41, 5.74) is 1.38. The highest BCUT2D eigenvalue weighted by Gasteiger charge is 2.23. The first-order valence-corrected chi connectivity index (χ1v) is 11.7. The van der Waals surface area contributed by atoms with Crippen LogP contribution in [0.3, 0.4) is 0 Å². The summed E-state index contributed by atoms with van der Waals surface area (Å²) in [6.45, 7) is 8.04. The van der Waals surface area contributed by atoms with Crippen LogP contribution in [0.15, 0.2) is 54.6 Å². The van der Waals surface area contributed by atoms with E-state index in [-0.39, 0.29) is 30.4 Å². The summed E-state index contributed by atoms with van der Waals surface area (Å²) in [5.74, 6) is 1.14. The first kappa shape index (κ1) is 26.1. The summed E-state index contributed by atoms with van der Waals surface area (Å²) in [4.78, 5) is 27.0. The molecule has 0 bridgehead atoms. The molecule has 0 aliphatic carbocycles. The number of hydrogen-bond donors (Lipinski definition) is 1. The summed E-state index contributed by atoms with van der Waals surface area (Å²) in [6.07, 6.45) is 0. The van der Waals surface area contributed by atoms with Gasteiger partial charge in [-0.25, -0.2) is 4.68 Å². The van der Waals surface area contributed by atoms with Crippen molar-refractivity contribution < 1.29 is 19.1 Å². The SMILES string of the molecule is CCN(CC(=O)Nc1cc(C(C)(C)C)nn1-c1ccc(OC)cc1)C(=O)COc1ccc(Cl)cc1. The fourth-order valence-electron chi connectivity index (χ4n) is 3.26. The minimum absolute atomic E-state index is 0.113. The number of aromatic nitrogens is 2. The van der Waals surface area contributed by atoms with Crippen LogP contribution in [0.4, 0.5) is 5.82 Å². The van der Waals surface area contributed by atoms with Gasteiger partial charge in [-0.2, -0.15) is 5.10 Å². The van der Waals surface area contributed by atoms with E-state index >= 15 is 0 Å². The van der Waals surface area contributed by atoms with Crippen molar-refractivity contribution in [2.24, 2.45) is 0 Å². The van der Waals surface area contributed by atoms with Crippen molar-refractivity contribution in [1.29, 1.82) is 0 Å². The summed E-state index contributed by atoms with van der Waals surface area (Å²) in [5, 5.41) is 8.21. The van der Waals surface area contributed by atoms with Gasteiger partial charge in [0, 0.05) is 23.0 Å². The van der Waals surface area contributed by atoms with Crippen molar-refractivity contribution in [1.82, 2.24) is 14.7 Å². The zero-order chi connectivity index (χ0) is 25.6. The van der Waals surface area contributed by atoms with Crippen molar-refractivity contribution in [3.63, 3.8) is 0 Å². The standard InChI is InChI=1S/C26H31ClN4O4/c1-6-30(25(33)17-35-21-11-7-18(27)8-12-21)16-24(32)28-23-15-22(26(2,3)4)29-31(23)19-9-13-20(34-5)14-10-19/h7-15H,6,16-17H2,1-5H3,(H,28,32). The van der Waals surface area contributed by atoms with Crippen LogP contribution in [-0.2, 0) is 15.0 Å². The van der Waals surface area contributed by atoms with E-state index in [2.05, 4.69) is 26.1 Å². The Bertz CT molecular complexity index is 1150. The average molecular weight is 499 g/mol. The third-order valence-corrected chi connectivity index (χ3v) is 5.56. The molecule has 2 amide bonds. The molecule has 0 radical (unpaired) electrons. The molecule has 0 aliphatic heterocycles. The van der Waals surface area contributed by atoms with E-state index in [4.69, 9.17) is 26.2 Å². The van der Waals surface area contributed by atoms with Gasteiger partial charge in [-0.05, 0) is 55.5 Å². The van der Waals surface area contributed by atoms with Crippen molar-refractivity contribution in [2.75, 3.05) is 32.1 Å². The summed E-state index contributed by atoms with van der Waals surface area (Å²) in [7, 11) is 1.60. The van der Waals surface area contributed by atoms with E-state index in [1.807, 2.05) is 37.3 Å². The van der Waals surface area contributed by atoms with E-state index in [0.717, 1.165) is 17.1 Å². The monoisotopic (exact) mass is 498 g/mol. The smallest absolute Gasteiger partial charge is 0.260 e. The maximum atomic E-state index is 12.9. The molecule has 0 spiro atoms. The molecule has 0 saturated carbocycles. The third-order valence-electron chi connectivity index (χ3n) is 5.31. The fourth-order valence-corrected chi connectivity index (χ4v) is 3.38. The number of hydrogen-bond acceptors (Lipinski definition) is 5. The van der Waals surface area contributed by atoms with Gasteiger partial charge < -0.3 is 19.7 Å². The molecule has 0 unspecified atom stereocenters. The highest BCUT2D eigenvalue weighted by molar-refractivity contribution is 6.30. The topological polar surface area (TPSA) is 85.7 Å². The number of nitrogens with one attached hydrogen (secondary N) is 1. The van der Waals surface area contributed by atoms with Crippen LogP contribution < -0.4 is 14.8 Å². The first-order valence-electron chi connectivity index (χ1n) is 11.3. The van der Waals surface area contributed by atoms with Gasteiger partial charge in [0.25, 0.3) is 5.91 Å². The van der Waals surface area contributed by atoms with E-state index in [1.165, 1.54) is 4.90 Å². The van der Waals surface area contributed by atoms with Gasteiger partial charge >= 0.3 is 0 Å². The molecule has 1 N–H and O–H groups in total. The number of halogens is 1. The summed E-state index contributed by atoms with van der Waals surface area (Å²) >= 11 is 5.87. The highest BCUT2D eigenvalue weighted by atomic mass is 35.5.